The van der Waals surface area contributed by atoms with Crippen molar-refractivity contribution in [3.05, 3.63) is 78.2 Å². The van der Waals surface area contributed by atoms with Gasteiger partial charge in [0, 0.05) is 37.8 Å². The van der Waals surface area contributed by atoms with E-state index < -0.39 is 6.10 Å². The van der Waals surface area contributed by atoms with Crippen LogP contribution in [0, 0.1) is 5.92 Å². The summed E-state index contributed by atoms with van der Waals surface area (Å²) >= 11 is 0. The number of aromatic nitrogens is 2. The lowest BCUT2D eigenvalue weighted by Gasteiger charge is -2.43. The van der Waals surface area contributed by atoms with E-state index in [-0.39, 0.29) is 11.9 Å². The van der Waals surface area contributed by atoms with Crippen molar-refractivity contribution >= 4 is 5.91 Å². The Morgan fingerprint density at radius 3 is 2.33 bits per heavy atom. The van der Waals surface area contributed by atoms with Gasteiger partial charge in [-0.05, 0) is 37.2 Å². The zero-order valence-electron chi connectivity index (χ0n) is 20.9. The number of carbonyl (C=O) groups is 1. The minimum atomic E-state index is -0.496. The second-order valence-electron chi connectivity index (χ2n) is 10.8. The van der Waals surface area contributed by atoms with Crippen molar-refractivity contribution in [3.63, 3.8) is 0 Å². The minimum absolute atomic E-state index is 0.0466. The van der Waals surface area contributed by atoms with Crippen molar-refractivity contribution in [1.82, 2.24) is 19.4 Å². The number of imidazole rings is 1. The Hall–Kier alpha value is -2.96. The second-order valence-corrected chi connectivity index (χ2v) is 10.8. The first kappa shape index (κ1) is 23.4. The van der Waals surface area contributed by atoms with Crippen LogP contribution in [0.5, 0.6) is 0 Å². The molecule has 1 saturated heterocycles. The molecule has 2 aliphatic carbocycles. The van der Waals surface area contributed by atoms with E-state index in [1.54, 1.807) is 0 Å². The number of benzene rings is 2. The zero-order chi connectivity index (χ0) is 24.5. The third-order valence-corrected chi connectivity index (χ3v) is 8.27. The number of amides is 1. The highest BCUT2D eigenvalue weighted by Gasteiger charge is 2.43. The van der Waals surface area contributed by atoms with E-state index in [2.05, 4.69) is 45.9 Å². The summed E-state index contributed by atoms with van der Waals surface area (Å²) in [6.07, 6.45) is 8.18. The molecule has 2 heterocycles. The maximum absolute atomic E-state index is 14.2. The van der Waals surface area contributed by atoms with E-state index >= 15 is 0 Å². The van der Waals surface area contributed by atoms with E-state index in [1.807, 2.05) is 35.5 Å². The van der Waals surface area contributed by atoms with Gasteiger partial charge < -0.3 is 14.6 Å². The Labute approximate surface area is 213 Å². The summed E-state index contributed by atoms with van der Waals surface area (Å²) in [6, 6.07) is 20.8. The molecule has 0 bridgehead atoms. The maximum atomic E-state index is 14.2. The van der Waals surface area contributed by atoms with Crippen LogP contribution >= 0.6 is 0 Å². The fraction of sp³-hybridized carbons (Fsp3) is 0.467. The molecule has 1 aliphatic heterocycles. The average Bonchev–Trinajstić information content (AvgIpc) is 3.44. The largest absolute Gasteiger partial charge is 0.391 e. The van der Waals surface area contributed by atoms with Crippen LogP contribution in [0.1, 0.15) is 60.6 Å². The number of aliphatic hydroxyl groups is 1. The summed E-state index contributed by atoms with van der Waals surface area (Å²) in [7, 11) is 0. The number of hydrogen-bond acceptors (Lipinski definition) is 4. The summed E-state index contributed by atoms with van der Waals surface area (Å²) in [5, 5.41) is 11.3. The van der Waals surface area contributed by atoms with E-state index in [1.165, 1.54) is 18.4 Å². The summed E-state index contributed by atoms with van der Waals surface area (Å²) in [5.74, 6) is 0.251. The lowest BCUT2D eigenvalue weighted by molar-refractivity contribution is -0.0109. The zero-order valence-corrected chi connectivity index (χ0v) is 20.9. The van der Waals surface area contributed by atoms with Crippen LogP contribution in [-0.2, 0) is 6.54 Å². The Balaban J connectivity index is 1.30. The topological polar surface area (TPSA) is 61.6 Å². The fourth-order valence-corrected chi connectivity index (χ4v) is 6.15. The van der Waals surface area contributed by atoms with E-state index in [9.17, 15) is 9.90 Å². The highest BCUT2D eigenvalue weighted by Crippen LogP contribution is 2.38. The van der Waals surface area contributed by atoms with Gasteiger partial charge in [0.05, 0.1) is 24.2 Å². The Kier molecular flexibility index (Phi) is 6.63. The number of rotatable bonds is 7. The molecule has 1 unspecified atom stereocenters. The SMILES string of the molecule is O=C(c1ncn(C2CCCC2)c1-c1ccccc1)N1CCN(Cc2ccccc2)C[C@H]1C(O)C1CC1. The first-order chi connectivity index (χ1) is 17.7. The third-order valence-electron chi connectivity index (χ3n) is 8.27. The van der Waals surface area contributed by atoms with Crippen molar-refractivity contribution in [1.29, 1.82) is 0 Å². The molecule has 2 atom stereocenters. The number of hydrogen-bond donors (Lipinski definition) is 1. The second kappa shape index (κ2) is 10.2. The number of piperazine rings is 1. The van der Waals surface area contributed by atoms with E-state index in [0.717, 1.165) is 50.0 Å². The van der Waals surface area contributed by atoms with Gasteiger partial charge in [0.2, 0.25) is 0 Å². The molecular formula is C30H36N4O2. The van der Waals surface area contributed by atoms with Crippen molar-refractivity contribution in [3.8, 4) is 11.3 Å². The monoisotopic (exact) mass is 484 g/mol. The average molecular weight is 485 g/mol. The van der Waals surface area contributed by atoms with Crippen LogP contribution in [-0.4, -0.2) is 62.1 Å². The minimum Gasteiger partial charge on any atom is -0.391 e. The molecule has 1 N–H and O–H groups in total. The number of nitrogens with zero attached hydrogens (tertiary/aromatic N) is 4. The molecule has 0 spiro atoms. The first-order valence-electron chi connectivity index (χ1n) is 13.6. The summed E-state index contributed by atoms with van der Waals surface area (Å²) in [4.78, 5) is 23.2. The van der Waals surface area contributed by atoms with Gasteiger partial charge in [0.25, 0.3) is 5.91 Å². The van der Waals surface area contributed by atoms with E-state index in [0.29, 0.717) is 30.7 Å². The third kappa shape index (κ3) is 4.72. The molecule has 1 amide bonds. The predicted octanol–water partition coefficient (Wildman–Crippen LogP) is 4.76. The van der Waals surface area contributed by atoms with Crippen LogP contribution in [0.2, 0.25) is 0 Å². The molecule has 3 fully saturated rings. The van der Waals surface area contributed by atoms with Gasteiger partial charge in [-0.15, -0.1) is 0 Å². The van der Waals surface area contributed by atoms with Gasteiger partial charge in [0.1, 0.15) is 0 Å². The normalized spacial score (nSPS) is 22.1. The van der Waals surface area contributed by atoms with Gasteiger partial charge in [-0.25, -0.2) is 4.98 Å². The van der Waals surface area contributed by atoms with Gasteiger partial charge >= 0.3 is 0 Å². The Morgan fingerprint density at radius 2 is 1.64 bits per heavy atom. The maximum Gasteiger partial charge on any atom is 0.275 e. The van der Waals surface area contributed by atoms with Gasteiger partial charge in [-0.2, -0.15) is 0 Å². The van der Waals surface area contributed by atoms with Crippen molar-refractivity contribution in [2.24, 2.45) is 5.92 Å². The van der Waals surface area contributed by atoms with Crippen molar-refractivity contribution in [2.75, 3.05) is 19.6 Å². The lowest BCUT2D eigenvalue weighted by atomic mass is 9.99. The van der Waals surface area contributed by atoms with Crippen molar-refractivity contribution < 1.29 is 9.90 Å². The van der Waals surface area contributed by atoms with Gasteiger partial charge in [-0.1, -0.05) is 73.5 Å². The molecule has 36 heavy (non-hydrogen) atoms. The highest BCUT2D eigenvalue weighted by molar-refractivity contribution is 5.98. The standard InChI is InChI=1S/C30H36N4O2/c35-29(24-15-16-24)26-20-32(19-22-9-3-1-4-10-22)17-18-33(26)30(36)27-28(23-11-5-2-6-12-23)34(21-31-27)25-13-7-8-14-25/h1-6,9-12,21,24-26,29,35H,7-8,13-20H2/t26-,29?/m0/s1. The quantitative estimate of drug-likeness (QED) is 0.525. The van der Waals surface area contributed by atoms with Crippen LogP contribution < -0.4 is 0 Å². The van der Waals surface area contributed by atoms with Gasteiger partial charge in [0.15, 0.2) is 5.69 Å². The van der Waals surface area contributed by atoms with Gasteiger partial charge in [-0.3, -0.25) is 9.69 Å². The molecule has 1 aromatic heterocycles. The summed E-state index contributed by atoms with van der Waals surface area (Å²) < 4.78 is 2.24. The Morgan fingerprint density at radius 1 is 0.944 bits per heavy atom. The molecule has 6 rings (SSSR count). The smallest absolute Gasteiger partial charge is 0.275 e. The summed E-state index contributed by atoms with van der Waals surface area (Å²) in [5.41, 5.74) is 3.75. The molecule has 188 valence electrons. The number of carbonyl (C=O) groups excluding carboxylic acids is 1. The molecular weight excluding hydrogens is 448 g/mol. The summed E-state index contributed by atoms with van der Waals surface area (Å²) in [6.45, 7) is 2.91. The molecule has 6 heteroatoms. The molecule has 2 aromatic carbocycles. The van der Waals surface area contributed by atoms with Crippen molar-refractivity contribution in [2.45, 2.75) is 63.3 Å². The van der Waals surface area contributed by atoms with Crippen LogP contribution in [0.3, 0.4) is 0 Å². The fourth-order valence-electron chi connectivity index (χ4n) is 6.15. The van der Waals surface area contributed by atoms with Crippen LogP contribution in [0.4, 0.5) is 0 Å². The predicted molar refractivity (Wildman–Crippen MR) is 140 cm³/mol. The first-order valence-corrected chi connectivity index (χ1v) is 13.6. The molecule has 3 aromatic rings. The molecule has 2 saturated carbocycles. The highest BCUT2D eigenvalue weighted by atomic mass is 16.3. The molecule has 0 radical (unpaired) electrons. The van der Waals surface area contributed by atoms with Crippen LogP contribution in [0.15, 0.2) is 67.0 Å². The molecule has 3 aliphatic rings. The molecule has 6 nitrogen and oxygen atoms in total. The van der Waals surface area contributed by atoms with E-state index in [4.69, 9.17) is 4.98 Å². The number of aliphatic hydroxyl groups excluding tert-OH is 1. The van der Waals surface area contributed by atoms with Crippen LogP contribution in [0.25, 0.3) is 11.3 Å². The lowest BCUT2D eigenvalue weighted by Crippen LogP contribution is -2.59. The Bertz CT molecular complexity index is 1170.